The second-order valence-corrected chi connectivity index (χ2v) is 9.25. The average molecular weight is 387 g/mol. The molecule has 0 fully saturated rings. The lowest BCUT2D eigenvalue weighted by molar-refractivity contribution is -0.111. The fraction of sp³-hybridized carbons (Fsp3) is 0.429. The third kappa shape index (κ3) is 4.33. The number of thiophene rings is 1. The van der Waals surface area contributed by atoms with Crippen molar-refractivity contribution in [2.45, 2.75) is 47.0 Å². The van der Waals surface area contributed by atoms with E-state index in [1.54, 1.807) is 12.1 Å². The molecule has 2 heterocycles. The summed E-state index contributed by atoms with van der Waals surface area (Å²) < 4.78 is 5.42. The Morgan fingerprint density at radius 2 is 2.07 bits per heavy atom. The first-order chi connectivity index (χ1) is 12.6. The topological polar surface area (TPSA) is 85.3 Å². The molecule has 2 amide bonds. The van der Waals surface area contributed by atoms with E-state index in [-0.39, 0.29) is 11.3 Å². The molecule has 0 aromatic carbocycles. The lowest BCUT2D eigenvalue weighted by Crippen LogP contribution is -2.27. The third-order valence-corrected chi connectivity index (χ3v) is 6.30. The Balaban J connectivity index is 1.81. The van der Waals surface area contributed by atoms with Crippen molar-refractivity contribution in [2.24, 2.45) is 17.1 Å². The van der Waals surface area contributed by atoms with Crippen LogP contribution in [0.5, 0.6) is 0 Å². The monoisotopic (exact) mass is 386 g/mol. The number of hydrogen-bond acceptors (Lipinski definition) is 4. The summed E-state index contributed by atoms with van der Waals surface area (Å²) in [6, 6.07) is 3.63. The molecule has 0 saturated heterocycles. The van der Waals surface area contributed by atoms with Gasteiger partial charge in [-0.3, -0.25) is 9.59 Å². The summed E-state index contributed by atoms with van der Waals surface area (Å²) in [5, 5.41) is 3.38. The van der Waals surface area contributed by atoms with E-state index in [1.165, 1.54) is 17.4 Å². The second kappa shape index (κ2) is 7.35. The van der Waals surface area contributed by atoms with Crippen LogP contribution in [-0.2, 0) is 17.6 Å². The van der Waals surface area contributed by atoms with E-state index in [0.717, 1.165) is 35.5 Å². The largest absolute Gasteiger partial charge is 0.462 e. The van der Waals surface area contributed by atoms with E-state index < -0.39 is 5.91 Å². The van der Waals surface area contributed by atoms with Crippen molar-refractivity contribution in [2.75, 3.05) is 5.32 Å². The molecule has 27 heavy (non-hydrogen) atoms. The number of hydrogen-bond donors (Lipinski definition) is 2. The number of anilines is 1. The van der Waals surface area contributed by atoms with Crippen LogP contribution in [0.4, 0.5) is 5.00 Å². The van der Waals surface area contributed by atoms with E-state index in [1.807, 2.05) is 13.0 Å². The van der Waals surface area contributed by atoms with Gasteiger partial charge in [-0.2, -0.15) is 0 Å². The maximum Gasteiger partial charge on any atom is 0.251 e. The molecule has 1 unspecified atom stereocenters. The molecule has 1 aliphatic carbocycles. The minimum Gasteiger partial charge on any atom is -0.462 e. The molecule has 6 heteroatoms. The number of nitrogens with one attached hydrogen (secondary N) is 1. The van der Waals surface area contributed by atoms with Crippen molar-refractivity contribution in [1.29, 1.82) is 0 Å². The van der Waals surface area contributed by atoms with Crippen LogP contribution in [0.25, 0.3) is 6.08 Å². The summed E-state index contributed by atoms with van der Waals surface area (Å²) in [6.07, 6.45) is 5.78. The Bertz CT molecular complexity index is 899. The highest BCUT2D eigenvalue weighted by atomic mass is 32.1. The third-order valence-electron chi connectivity index (χ3n) is 5.13. The van der Waals surface area contributed by atoms with E-state index in [0.29, 0.717) is 22.2 Å². The van der Waals surface area contributed by atoms with Gasteiger partial charge in [-0.05, 0) is 61.3 Å². The zero-order valence-electron chi connectivity index (χ0n) is 16.2. The SMILES string of the molecule is Cc1ccc(/C=C/C(=O)Nc2sc3c(c2C(N)=O)CCC(C(C)(C)C)C3)o1. The number of fused-ring (bicyclic) bond motifs is 1. The molecular formula is C21H26N2O3S. The molecule has 5 nitrogen and oxygen atoms in total. The Morgan fingerprint density at radius 3 is 2.67 bits per heavy atom. The number of furan rings is 1. The molecule has 3 N–H and O–H groups in total. The quantitative estimate of drug-likeness (QED) is 0.756. The summed E-state index contributed by atoms with van der Waals surface area (Å²) >= 11 is 1.47. The van der Waals surface area contributed by atoms with Crippen LogP contribution in [0.15, 0.2) is 22.6 Å². The number of carbonyl (C=O) groups excluding carboxylic acids is 2. The normalized spacial score (nSPS) is 17.1. The Labute approximate surface area is 163 Å². The van der Waals surface area contributed by atoms with Crippen molar-refractivity contribution >= 4 is 34.2 Å². The highest BCUT2D eigenvalue weighted by molar-refractivity contribution is 7.17. The molecule has 1 aliphatic rings. The van der Waals surface area contributed by atoms with Crippen molar-refractivity contribution in [1.82, 2.24) is 0 Å². The number of primary amides is 1. The molecule has 144 valence electrons. The summed E-state index contributed by atoms with van der Waals surface area (Å²) in [7, 11) is 0. The fourth-order valence-electron chi connectivity index (χ4n) is 3.53. The number of rotatable bonds is 4. The summed E-state index contributed by atoms with van der Waals surface area (Å²) in [6.45, 7) is 8.58. The van der Waals surface area contributed by atoms with Gasteiger partial charge >= 0.3 is 0 Å². The molecule has 0 radical (unpaired) electrons. The van der Waals surface area contributed by atoms with Crippen LogP contribution < -0.4 is 11.1 Å². The first kappa shape index (κ1) is 19.4. The van der Waals surface area contributed by atoms with Crippen molar-refractivity contribution in [3.8, 4) is 0 Å². The van der Waals surface area contributed by atoms with E-state index in [4.69, 9.17) is 10.2 Å². The van der Waals surface area contributed by atoms with E-state index in [2.05, 4.69) is 26.1 Å². The molecule has 2 aromatic heterocycles. The number of amides is 2. The van der Waals surface area contributed by atoms with Crippen molar-refractivity contribution in [3.63, 3.8) is 0 Å². The number of nitrogens with two attached hydrogens (primary N) is 1. The maximum atomic E-state index is 12.3. The zero-order valence-corrected chi connectivity index (χ0v) is 17.0. The summed E-state index contributed by atoms with van der Waals surface area (Å²) in [5.74, 6) is 1.15. The van der Waals surface area contributed by atoms with Gasteiger partial charge in [-0.1, -0.05) is 20.8 Å². The predicted molar refractivity (Wildman–Crippen MR) is 109 cm³/mol. The predicted octanol–water partition coefficient (Wildman–Crippen LogP) is 4.55. The Hall–Kier alpha value is -2.34. The van der Waals surface area contributed by atoms with Gasteiger partial charge in [0.05, 0.1) is 5.56 Å². The Morgan fingerprint density at radius 1 is 1.33 bits per heavy atom. The van der Waals surface area contributed by atoms with Gasteiger partial charge in [0, 0.05) is 11.0 Å². The molecule has 1 atom stereocenters. The van der Waals surface area contributed by atoms with Gasteiger partial charge in [0.2, 0.25) is 5.91 Å². The first-order valence-electron chi connectivity index (χ1n) is 9.15. The molecule has 2 aromatic rings. The van der Waals surface area contributed by atoms with Crippen LogP contribution in [0.1, 0.15) is 59.5 Å². The minimum atomic E-state index is -0.484. The van der Waals surface area contributed by atoms with E-state index in [9.17, 15) is 9.59 Å². The van der Waals surface area contributed by atoms with Crippen molar-refractivity contribution < 1.29 is 14.0 Å². The zero-order chi connectivity index (χ0) is 19.8. The smallest absolute Gasteiger partial charge is 0.251 e. The summed E-state index contributed by atoms with van der Waals surface area (Å²) in [4.78, 5) is 25.5. The van der Waals surface area contributed by atoms with Gasteiger partial charge in [0.25, 0.3) is 5.91 Å². The van der Waals surface area contributed by atoms with Gasteiger partial charge in [0.15, 0.2) is 0 Å². The van der Waals surface area contributed by atoms with Crippen LogP contribution in [0.2, 0.25) is 0 Å². The lowest BCUT2D eigenvalue weighted by Gasteiger charge is -2.33. The van der Waals surface area contributed by atoms with Crippen LogP contribution >= 0.6 is 11.3 Å². The van der Waals surface area contributed by atoms with E-state index >= 15 is 0 Å². The van der Waals surface area contributed by atoms with Gasteiger partial charge in [-0.25, -0.2) is 0 Å². The van der Waals surface area contributed by atoms with Gasteiger partial charge in [-0.15, -0.1) is 11.3 Å². The highest BCUT2D eigenvalue weighted by Crippen LogP contribution is 2.44. The molecule has 0 spiro atoms. The van der Waals surface area contributed by atoms with Gasteiger partial charge in [0.1, 0.15) is 16.5 Å². The number of carbonyl (C=O) groups is 2. The second-order valence-electron chi connectivity index (χ2n) is 8.15. The van der Waals surface area contributed by atoms with Gasteiger partial charge < -0.3 is 15.5 Å². The lowest BCUT2D eigenvalue weighted by atomic mass is 9.72. The van der Waals surface area contributed by atoms with Crippen LogP contribution in [0.3, 0.4) is 0 Å². The van der Waals surface area contributed by atoms with Crippen LogP contribution in [0, 0.1) is 18.3 Å². The maximum absolute atomic E-state index is 12.3. The van der Waals surface area contributed by atoms with Crippen LogP contribution in [-0.4, -0.2) is 11.8 Å². The first-order valence-corrected chi connectivity index (χ1v) is 9.96. The molecule has 0 bridgehead atoms. The number of aryl methyl sites for hydroxylation is 1. The van der Waals surface area contributed by atoms with Crippen molar-refractivity contribution in [3.05, 3.63) is 45.7 Å². The molecule has 3 rings (SSSR count). The average Bonchev–Trinajstić information content (AvgIpc) is 3.14. The highest BCUT2D eigenvalue weighted by Gasteiger charge is 2.33. The standard InChI is InChI=1S/C21H26N2O3S/c1-12-5-7-14(26-12)8-10-17(24)23-20-18(19(22)25)15-9-6-13(21(2,3)4)11-16(15)27-20/h5,7-8,10,13H,6,9,11H2,1-4H3,(H2,22,25)(H,23,24)/b10-8+. The molecule has 0 saturated carbocycles. The molecular weight excluding hydrogens is 360 g/mol. The molecule has 0 aliphatic heterocycles. The fourth-order valence-corrected chi connectivity index (χ4v) is 4.86. The summed E-state index contributed by atoms with van der Waals surface area (Å²) in [5.41, 5.74) is 7.32. The Kier molecular flexibility index (Phi) is 5.29. The minimum absolute atomic E-state index is 0.210.